The smallest absolute Gasteiger partial charge is 0.392 e. The van der Waals surface area contributed by atoms with Crippen LogP contribution in [0.4, 0.5) is 24.8 Å². The summed E-state index contributed by atoms with van der Waals surface area (Å²) in [5, 5.41) is 16.2. The van der Waals surface area contributed by atoms with Crippen molar-refractivity contribution in [3.63, 3.8) is 0 Å². The van der Waals surface area contributed by atoms with Gasteiger partial charge in [-0.3, -0.25) is 4.68 Å². The van der Waals surface area contributed by atoms with Crippen molar-refractivity contribution in [2.45, 2.75) is 25.6 Å². The third-order valence-electron chi connectivity index (χ3n) is 3.72. The largest absolute Gasteiger partial charge is 0.473 e. The minimum Gasteiger partial charge on any atom is -0.473 e. The number of nitrogens with one attached hydrogen (secondary N) is 1. The fourth-order valence-corrected chi connectivity index (χ4v) is 2.47. The lowest BCUT2D eigenvalue weighted by molar-refractivity contribution is -0.149. The van der Waals surface area contributed by atoms with E-state index in [4.69, 9.17) is 4.74 Å². The Morgan fingerprint density at radius 3 is 2.55 bits per heavy atom. The molecule has 0 saturated carbocycles. The van der Waals surface area contributed by atoms with E-state index in [1.165, 1.54) is 25.4 Å². The van der Waals surface area contributed by atoms with Gasteiger partial charge in [-0.1, -0.05) is 0 Å². The molecule has 1 unspecified atom stereocenters. The normalized spacial score (nSPS) is 12.3. The van der Waals surface area contributed by atoms with Gasteiger partial charge in [0.25, 0.3) is 0 Å². The van der Waals surface area contributed by atoms with Gasteiger partial charge in [-0.2, -0.15) is 23.5 Å². The Balaban J connectivity index is 1.79. The molecule has 0 aromatic carbocycles. The molecule has 1 atom stereocenters. The van der Waals surface area contributed by atoms with Crippen LogP contribution in [0.2, 0.25) is 0 Å². The molecule has 150 valence electrons. The molecule has 0 fully saturated rings. The number of anilines is 2. The maximum atomic E-state index is 12.5. The molecule has 0 bridgehead atoms. The molecule has 0 radical (unpaired) electrons. The number of pyridine rings is 1. The van der Waals surface area contributed by atoms with Gasteiger partial charge in [0.2, 0.25) is 11.8 Å². The number of aromatic nitrogens is 5. The number of aryl methyl sites for hydroxylation is 1. The molecule has 0 aliphatic rings. The summed E-state index contributed by atoms with van der Waals surface area (Å²) in [6, 6.07) is 4.84. The molecule has 0 spiro atoms. The standard InChI is InChI=1S/C18H16F3N7O/c1-11(5-18(19,20)21)29-16-12(6-22)3-4-15(27-16)13-7-23-17(24-8-13)26-14-9-25-28(2)10-14/h3-4,7-11H,5H2,1-2H3,(H,23,24,26). The van der Waals surface area contributed by atoms with Gasteiger partial charge in [-0.25, -0.2) is 15.0 Å². The molecule has 0 aliphatic heterocycles. The topological polar surface area (TPSA) is 102 Å². The van der Waals surface area contributed by atoms with Gasteiger partial charge in [0.1, 0.15) is 17.7 Å². The predicted octanol–water partition coefficient (Wildman–Crippen LogP) is 3.61. The lowest BCUT2D eigenvalue weighted by atomic mass is 10.2. The molecule has 0 amide bonds. The first-order chi connectivity index (χ1) is 13.7. The fraction of sp³-hybridized carbons (Fsp3) is 0.278. The molecule has 3 aromatic rings. The first kappa shape index (κ1) is 20.1. The van der Waals surface area contributed by atoms with Crippen molar-refractivity contribution in [3.05, 3.63) is 42.5 Å². The Morgan fingerprint density at radius 2 is 1.97 bits per heavy atom. The Bertz CT molecular complexity index is 1030. The van der Waals surface area contributed by atoms with Crippen LogP contribution in [0.3, 0.4) is 0 Å². The lowest BCUT2D eigenvalue weighted by Gasteiger charge is -2.17. The Kier molecular flexibility index (Phi) is 5.63. The second kappa shape index (κ2) is 8.14. The van der Waals surface area contributed by atoms with E-state index in [1.807, 2.05) is 6.07 Å². The third kappa shape index (κ3) is 5.41. The van der Waals surface area contributed by atoms with Crippen molar-refractivity contribution in [2.24, 2.45) is 7.05 Å². The molecule has 3 aromatic heterocycles. The molecule has 3 rings (SSSR count). The highest BCUT2D eigenvalue weighted by atomic mass is 19.4. The average molecular weight is 403 g/mol. The van der Waals surface area contributed by atoms with Crippen LogP contribution in [0, 0.1) is 11.3 Å². The zero-order valence-corrected chi connectivity index (χ0v) is 15.5. The summed E-state index contributed by atoms with van der Waals surface area (Å²) in [6.45, 7) is 1.27. The van der Waals surface area contributed by atoms with Crippen LogP contribution in [0.5, 0.6) is 5.88 Å². The van der Waals surface area contributed by atoms with Gasteiger partial charge >= 0.3 is 6.18 Å². The number of hydrogen-bond donors (Lipinski definition) is 1. The van der Waals surface area contributed by atoms with Gasteiger partial charge in [0.15, 0.2) is 0 Å². The van der Waals surface area contributed by atoms with Crippen molar-refractivity contribution in [1.29, 1.82) is 5.26 Å². The fourth-order valence-electron chi connectivity index (χ4n) is 2.47. The molecule has 8 nitrogen and oxygen atoms in total. The number of nitriles is 1. The molecule has 11 heteroatoms. The van der Waals surface area contributed by atoms with E-state index < -0.39 is 18.7 Å². The number of nitrogens with zero attached hydrogens (tertiary/aromatic N) is 6. The highest BCUT2D eigenvalue weighted by Crippen LogP contribution is 2.27. The van der Waals surface area contributed by atoms with Crippen LogP contribution in [0.1, 0.15) is 18.9 Å². The summed E-state index contributed by atoms with van der Waals surface area (Å²) in [7, 11) is 1.78. The van der Waals surface area contributed by atoms with Crippen molar-refractivity contribution >= 4 is 11.6 Å². The highest BCUT2D eigenvalue weighted by Gasteiger charge is 2.31. The number of alkyl halides is 3. The van der Waals surface area contributed by atoms with E-state index in [2.05, 4.69) is 25.4 Å². The minimum absolute atomic E-state index is 0.0403. The molecular formula is C18H16F3N7O. The van der Waals surface area contributed by atoms with E-state index in [1.54, 1.807) is 30.2 Å². The van der Waals surface area contributed by atoms with Crippen molar-refractivity contribution in [3.8, 4) is 23.2 Å². The van der Waals surface area contributed by atoms with Crippen molar-refractivity contribution in [1.82, 2.24) is 24.7 Å². The first-order valence-electron chi connectivity index (χ1n) is 8.46. The van der Waals surface area contributed by atoms with Crippen LogP contribution < -0.4 is 10.1 Å². The van der Waals surface area contributed by atoms with Crippen LogP contribution in [-0.4, -0.2) is 37.0 Å². The summed E-state index contributed by atoms with van der Waals surface area (Å²) in [4.78, 5) is 12.5. The summed E-state index contributed by atoms with van der Waals surface area (Å²) < 4.78 is 44.5. The summed E-state index contributed by atoms with van der Waals surface area (Å²) in [5.74, 6) is 0.171. The van der Waals surface area contributed by atoms with Crippen LogP contribution in [-0.2, 0) is 7.05 Å². The third-order valence-corrected chi connectivity index (χ3v) is 3.72. The highest BCUT2D eigenvalue weighted by molar-refractivity contribution is 5.61. The van der Waals surface area contributed by atoms with E-state index >= 15 is 0 Å². The van der Waals surface area contributed by atoms with E-state index in [0.717, 1.165) is 0 Å². The van der Waals surface area contributed by atoms with Gasteiger partial charge in [0, 0.05) is 31.2 Å². The monoisotopic (exact) mass is 403 g/mol. The first-order valence-corrected chi connectivity index (χ1v) is 8.46. The number of ether oxygens (including phenoxy) is 1. The van der Waals surface area contributed by atoms with Gasteiger partial charge in [-0.05, 0) is 19.1 Å². The van der Waals surface area contributed by atoms with Gasteiger partial charge in [0.05, 0.1) is 24.0 Å². The molecule has 3 heterocycles. The van der Waals surface area contributed by atoms with Crippen LogP contribution >= 0.6 is 0 Å². The number of halogens is 3. The molecule has 0 aliphatic carbocycles. The quantitative estimate of drug-likeness (QED) is 0.671. The van der Waals surface area contributed by atoms with E-state index in [9.17, 15) is 18.4 Å². The number of hydrogen-bond acceptors (Lipinski definition) is 7. The Hall–Kier alpha value is -3.68. The van der Waals surface area contributed by atoms with Crippen molar-refractivity contribution < 1.29 is 17.9 Å². The summed E-state index contributed by atoms with van der Waals surface area (Å²) >= 11 is 0. The SMILES string of the molecule is CC(CC(F)(F)F)Oc1nc(-c2cnc(Nc3cnn(C)c3)nc2)ccc1C#N. The Morgan fingerprint density at radius 1 is 1.24 bits per heavy atom. The van der Waals surface area contributed by atoms with E-state index in [0.29, 0.717) is 22.9 Å². The molecule has 29 heavy (non-hydrogen) atoms. The zero-order chi connectivity index (χ0) is 21.0. The van der Waals surface area contributed by atoms with Crippen LogP contribution in [0.25, 0.3) is 11.3 Å². The molecule has 0 saturated heterocycles. The second-order valence-electron chi connectivity index (χ2n) is 6.23. The number of rotatable bonds is 6. The Labute approximate surface area is 164 Å². The zero-order valence-electron chi connectivity index (χ0n) is 15.5. The maximum absolute atomic E-state index is 12.5. The second-order valence-corrected chi connectivity index (χ2v) is 6.23. The average Bonchev–Trinajstić information content (AvgIpc) is 3.05. The lowest BCUT2D eigenvalue weighted by Crippen LogP contribution is -2.22. The van der Waals surface area contributed by atoms with Crippen LogP contribution in [0.15, 0.2) is 36.9 Å². The molecule has 1 N–H and O–H groups in total. The predicted molar refractivity (Wildman–Crippen MR) is 97.2 cm³/mol. The van der Waals surface area contributed by atoms with Gasteiger partial charge < -0.3 is 10.1 Å². The van der Waals surface area contributed by atoms with Crippen molar-refractivity contribution in [2.75, 3.05) is 5.32 Å². The molecular weight excluding hydrogens is 387 g/mol. The van der Waals surface area contributed by atoms with Gasteiger partial charge in [-0.15, -0.1) is 0 Å². The summed E-state index contributed by atoms with van der Waals surface area (Å²) in [5.41, 5.74) is 1.63. The van der Waals surface area contributed by atoms with E-state index in [-0.39, 0.29) is 11.4 Å². The maximum Gasteiger partial charge on any atom is 0.392 e. The summed E-state index contributed by atoms with van der Waals surface area (Å²) in [6.07, 6.45) is -0.342. The minimum atomic E-state index is -4.38.